The van der Waals surface area contributed by atoms with Gasteiger partial charge in [0.05, 0.1) is 17.9 Å². The van der Waals surface area contributed by atoms with Crippen LogP contribution in [-0.4, -0.2) is 6.54 Å². The summed E-state index contributed by atoms with van der Waals surface area (Å²) in [7, 11) is 0. The fourth-order valence-electron chi connectivity index (χ4n) is 0.873. The smallest absolute Gasteiger partial charge is 0.0591 e. The van der Waals surface area contributed by atoms with E-state index in [-0.39, 0.29) is 0 Å². The molecule has 0 saturated heterocycles. The zero-order chi connectivity index (χ0) is 9.84. The van der Waals surface area contributed by atoms with Crippen LogP contribution in [0.25, 0.3) is 0 Å². The maximum absolute atomic E-state index is 5.78. The highest BCUT2D eigenvalue weighted by Gasteiger charge is 1.99. The van der Waals surface area contributed by atoms with Crippen molar-refractivity contribution in [3.8, 4) is 0 Å². The van der Waals surface area contributed by atoms with Crippen LogP contribution in [-0.2, 0) is 0 Å². The zero-order valence-electron chi connectivity index (χ0n) is 6.98. The minimum Gasteiger partial charge on any atom is -0.397 e. The van der Waals surface area contributed by atoms with Crippen molar-refractivity contribution in [2.75, 3.05) is 17.6 Å². The Bertz CT molecular complexity index is 323. The van der Waals surface area contributed by atoms with Crippen LogP contribution in [0.1, 0.15) is 0 Å². The molecule has 0 fully saturated rings. The average Bonchev–Trinajstić information content (AvgIpc) is 2.06. The van der Waals surface area contributed by atoms with E-state index in [1.807, 2.05) is 0 Å². The van der Waals surface area contributed by atoms with E-state index in [1.54, 1.807) is 18.2 Å². The molecule has 3 N–H and O–H groups in total. The molecule has 0 saturated carbocycles. The molecule has 0 heterocycles. The molecule has 0 aliphatic carbocycles. The summed E-state index contributed by atoms with van der Waals surface area (Å²) in [5.41, 5.74) is 7.10. The molecule has 70 valence electrons. The fraction of sp³-hybridized carbons (Fsp3) is 0.111. The monoisotopic (exact) mass is 216 g/mol. The van der Waals surface area contributed by atoms with Gasteiger partial charge in [0.15, 0.2) is 0 Å². The Morgan fingerprint density at radius 1 is 1.54 bits per heavy atom. The molecule has 0 unspecified atom stereocenters. The Balaban J connectivity index is 2.75. The number of halogens is 2. The van der Waals surface area contributed by atoms with Gasteiger partial charge >= 0.3 is 0 Å². The van der Waals surface area contributed by atoms with Crippen molar-refractivity contribution in [2.24, 2.45) is 0 Å². The third-order valence-corrected chi connectivity index (χ3v) is 1.85. The standard InChI is InChI=1S/C9H10Cl2N2/c1-6(10)5-13-9-4-7(11)2-3-8(9)12/h2-4,13H,1,5,12H2. The molecule has 0 bridgehead atoms. The van der Waals surface area contributed by atoms with Crippen LogP contribution >= 0.6 is 23.2 Å². The lowest BCUT2D eigenvalue weighted by atomic mass is 10.2. The number of hydrogen-bond donors (Lipinski definition) is 2. The van der Waals surface area contributed by atoms with Gasteiger partial charge in [0.25, 0.3) is 0 Å². The van der Waals surface area contributed by atoms with E-state index >= 15 is 0 Å². The second kappa shape index (κ2) is 4.40. The lowest BCUT2D eigenvalue weighted by molar-refractivity contribution is 1.32. The van der Waals surface area contributed by atoms with Gasteiger partial charge in [-0.05, 0) is 18.2 Å². The molecular formula is C9H10Cl2N2. The first kappa shape index (κ1) is 10.2. The zero-order valence-corrected chi connectivity index (χ0v) is 8.49. The number of anilines is 2. The van der Waals surface area contributed by atoms with Gasteiger partial charge in [-0.25, -0.2) is 0 Å². The van der Waals surface area contributed by atoms with Gasteiger partial charge in [0, 0.05) is 10.1 Å². The molecule has 0 aliphatic rings. The summed E-state index contributed by atoms with van der Waals surface area (Å²) in [6, 6.07) is 5.22. The molecule has 0 atom stereocenters. The number of nitrogens with one attached hydrogen (secondary N) is 1. The van der Waals surface area contributed by atoms with Gasteiger partial charge in [0.1, 0.15) is 0 Å². The topological polar surface area (TPSA) is 38.0 Å². The van der Waals surface area contributed by atoms with Crippen molar-refractivity contribution in [3.63, 3.8) is 0 Å². The van der Waals surface area contributed by atoms with E-state index in [0.29, 0.717) is 22.3 Å². The molecule has 0 spiro atoms. The number of nitrogens with two attached hydrogens (primary N) is 1. The first-order valence-electron chi connectivity index (χ1n) is 3.72. The van der Waals surface area contributed by atoms with Crippen molar-refractivity contribution in [3.05, 3.63) is 34.8 Å². The van der Waals surface area contributed by atoms with Gasteiger partial charge in [-0.3, -0.25) is 0 Å². The summed E-state index contributed by atoms with van der Waals surface area (Å²) in [4.78, 5) is 0. The molecule has 0 amide bonds. The fourth-order valence-corrected chi connectivity index (χ4v) is 1.11. The molecule has 0 aliphatic heterocycles. The number of nitrogen functional groups attached to an aromatic ring is 1. The minimum absolute atomic E-state index is 0.478. The highest BCUT2D eigenvalue weighted by molar-refractivity contribution is 6.31. The van der Waals surface area contributed by atoms with Gasteiger partial charge in [0.2, 0.25) is 0 Å². The maximum atomic E-state index is 5.78. The minimum atomic E-state index is 0.478. The summed E-state index contributed by atoms with van der Waals surface area (Å²) in [6.07, 6.45) is 0. The van der Waals surface area contributed by atoms with Crippen LogP contribution in [0.2, 0.25) is 5.02 Å². The molecule has 0 radical (unpaired) electrons. The van der Waals surface area contributed by atoms with Gasteiger partial charge in [-0.15, -0.1) is 0 Å². The Labute approximate surface area is 87.3 Å². The lowest BCUT2D eigenvalue weighted by Gasteiger charge is -2.08. The molecule has 1 rings (SSSR count). The summed E-state index contributed by atoms with van der Waals surface area (Å²) in [5.74, 6) is 0. The number of hydrogen-bond acceptors (Lipinski definition) is 2. The highest BCUT2D eigenvalue weighted by atomic mass is 35.5. The summed E-state index contributed by atoms with van der Waals surface area (Å²) >= 11 is 11.4. The highest BCUT2D eigenvalue weighted by Crippen LogP contribution is 2.22. The second-order valence-electron chi connectivity index (χ2n) is 2.60. The normalized spacial score (nSPS) is 9.69. The summed E-state index contributed by atoms with van der Waals surface area (Å²) in [6.45, 7) is 4.03. The van der Waals surface area contributed by atoms with E-state index in [0.717, 1.165) is 5.69 Å². The Hall–Kier alpha value is -0.860. The first-order valence-corrected chi connectivity index (χ1v) is 4.47. The van der Waals surface area contributed by atoms with E-state index in [1.165, 1.54) is 0 Å². The number of rotatable bonds is 3. The largest absolute Gasteiger partial charge is 0.397 e. The molecule has 13 heavy (non-hydrogen) atoms. The quantitative estimate of drug-likeness (QED) is 0.763. The predicted octanol–water partition coefficient (Wildman–Crippen LogP) is 3.09. The van der Waals surface area contributed by atoms with Crippen molar-refractivity contribution < 1.29 is 0 Å². The Morgan fingerprint density at radius 3 is 2.85 bits per heavy atom. The maximum Gasteiger partial charge on any atom is 0.0591 e. The summed E-state index contributed by atoms with van der Waals surface area (Å²) < 4.78 is 0. The average molecular weight is 217 g/mol. The van der Waals surface area contributed by atoms with E-state index in [9.17, 15) is 0 Å². The molecule has 0 aromatic heterocycles. The Kier molecular flexibility index (Phi) is 3.46. The van der Waals surface area contributed by atoms with E-state index < -0.39 is 0 Å². The van der Waals surface area contributed by atoms with Crippen molar-refractivity contribution >= 4 is 34.6 Å². The third kappa shape index (κ3) is 3.17. The van der Waals surface area contributed by atoms with Crippen molar-refractivity contribution in [1.29, 1.82) is 0 Å². The van der Waals surface area contributed by atoms with Gasteiger partial charge in [-0.2, -0.15) is 0 Å². The third-order valence-electron chi connectivity index (χ3n) is 1.49. The van der Waals surface area contributed by atoms with E-state index in [2.05, 4.69) is 11.9 Å². The molecule has 1 aromatic carbocycles. The van der Waals surface area contributed by atoms with Crippen LogP contribution in [0.5, 0.6) is 0 Å². The van der Waals surface area contributed by atoms with Crippen LogP contribution < -0.4 is 11.1 Å². The Morgan fingerprint density at radius 2 is 2.23 bits per heavy atom. The van der Waals surface area contributed by atoms with Crippen molar-refractivity contribution in [1.82, 2.24) is 0 Å². The first-order chi connectivity index (χ1) is 6.09. The van der Waals surface area contributed by atoms with Gasteiger partial charge < -0.3 is 11.1 Å². The van der Waals surface area contributed by atoms with Gasteiger partial charge in [-0.1, -0.05) is 29.8 Å². The van der Waals surface area contributed by atoms with Crippen LogP contribution in [0.3, 0.4) is 0 Å². The molecule has 1 aromatic rings. The molecular weight excluding hydrogens is 207 g/mol. The SMILES string of the molecule is C=C(Cl)CNc1cc(Cl)ccc1N. The molecule has 4 heteroatoms. The lowest BCUT2D eigenvalue weighted by Crippen LogP contribution is -2.03. The van der Waals surface area contributed by atoms with E-state index in [4.69, 9.17) is 28.9 Å². The molecule has 2 nitrogen and oxygen atoms in total. The van der Waals surface area contributed by atoms with Crippen LogP contribution in [0.4, 0.5) is 11.4 Å². The summed E-state index contributed by atoms with van der Waals surface area (Å²) in [5, 5.41) is 4.18. The van der Waals surface area contributed by atoms with Crippen molar-refractivity contribution in [2.45, 2.75) is 0 Å². The predicted molar refractivity (Wildman–Crippen MR) is 59.3 cm³/mol. The van der Waals surface area contributed by atoms with Crippen LogP contribution in [0, 0.1) is 0 Å². The second-order valence-corrected chi connectivity index (χ2v) is 3.57. The number of benzene rings is 1. The van der Waals surface area contributed by atoms with Crippen LogP contribution in [0.15, 0.2) is 29.8 Å².